The van der Waals surface area contributed by atoms with Crippen molar-refractivity contribution in [2.24, 2.45) is 0 Å². The number of hydrogen-bond acceptors (Lipinski definition) is 2. The standard InChI is InChI=1S/C16H16F2N2/c17-13-9-12(15-3-1-2-4-16(15)18)10-14(11-13)20-7-5-19-6-8-20/h1-4,9-11,19H,5-8H2. The molecule has 0 aliphatic carbocycles. The Morgan fingerprint density at radius 1 is 0.950 bits per heavy atom. The third-order valence-electron chi connectivity index (χ3n) is 3.55. The lowest BCUT2D eigenvalue weighted by atomic mass is 10.0. The van der Waals surface area contributed by atoms with Crippen molar-refractivity contribution in [3.63, 3.8) is 0 Å². The van der Waals surface area contributed by atoms with E-state index in [0.29, 0.717) is 11.1 Å². The summed E-state index contributed by atoms with van der Waals surface area (Å²) in [4.78, 5) is 2.12. The average molecular weight is 274 g/mol. The molecule has 0 amide bonds. The van der Waals surface area contributed by atoms with Crippen LogP contribution in [0.25, 0.3) is 11.1 Å². The molecule has 0 radical (unpaired) electrons. The fourth-order valence-corrected chi connectivity index (χ4v) is 2.53. The van der Waals surface area contributed by atoms with Gasteiger partial charge in [0.25, 0.3) is 0 Å². The second-order valence-corrected chi connectivity index (χ2v) is 4.91. The minimum Gasteiger partial charge on any atom is -0.369 e. The van der Waals surface area contributed by atoms with Crippen molar-refractivity contribution < 1.29 is 8.78 Å². The number of piperazine rings is 1. The predicted molar refractivity (Wildman–Crippen MR) is 76.9 cm³/mol. The summed E-state index contributed by atoms with van der Waals surface area (Å²) in [6.45, 7) is 3.43. The molecule has 2 aromatic rings. The summed E-state index contributed by atoms with van der Waals surface area (Å²) in [5.41, 5.74) is 1.82. The summed E-state index contributed by atoms with van der Waals surface area (Å²) in [5.74, 6) is -0.663. The maximum Gasteiger partial charge on any atom is 0.131 e. The molecule has 0 spiro atoms. The molecule has 0 atom stereocenters. The van der Waals surface area contributed by atoms with E-state index < -0.39 is 0 Å². The van der Waals surface area contributed by atoms with E-state index in [1.165, 1.54) is 18.2 Å². The largest absolute Gasteiger partial charge is 0.369 e. The van der Waals surface area contributed by atoms with Gasteiger partial charge in [-0.15, -0.1) is 0 Å². The Kier molecular flexibility index (Phi) is 3.65. The fourth-order valence-electron chi connectivity index (χ4n) is 2.53. The van der Waals surface area contributed by atoms with Crippen molar-refractivity contribution in [3.8, 4) is 11.1 Å². The second-order valence-electron chi connectivity index (χ2n) is 4.91. The lowest BCUT2D eigenvalue weighted by Gasteiger charge is -2.29. The highest BCUT2D eigenvalue weighted by molar-refractivity contribution is 5.69. The van der Waals surface area contributed by atoms with Crippen LogP contribution in [-0.2, 0) is 0 Å². The molecule has 1 N–H and O–H groups in total. The molecule has 20 heavy (non-hydrogen) atoms. The van der Waals surface area contributed by atoms with Gasteiger partial charge in [-0.2, -0.15) is 0 Å². The summed E-state index contributed by atoms with van der Waals surface area (Å²) in [5, 5.41) is 3.26. The topological polar surface area (TPSA) is 15.3 Å². The van der Waals surface area contributed by atoms with Crippen LogP contribution in [0.3, 0.4) is 0 Å². The molecule has 0 aromatic heterocycles. The Balaban J connectivity index is 2.00. The Morgan fingerprint density at radius 2 is 1.70 bits per heavy atom. The van der Waals surface area contributed by atoms with Crippen molar-refractivity contribution >= 4 is 5.69 Å². The van der Waals surface area contributed by atoms with Crippen molar-refractivity contribution in [3.05, 3.63) is 54.1 Å². The van der Waals surface area contributed by atoms with Crippen molar-refractivity contribution in [1.29, 1.82) is 0 Å². The number of rotatable bonds is 2. The van der Waals surface area contributed by atoms with Gasteiger partial charge in [0, 0.05) is 37.4 Å². The third kappa shape index (κ3) is 2.65. The summed E-state index contributed by atoms with van der Waals surface area (Å²) >= 11 is 0. The molecule has 1 aliphatic rings. The van der Waals surface area contributed by atoms with Crippen LogP contribution in [0.15, 0.2) is 42.5 Å². The minimum absolute atomic E-state index is 0.329. The van der Waals surface area contributed by atoms with Gasteiger partial charge in [0.15, 0.2) is 0 Å². The number of hydrogen-bond donors (Lipinski definition) is 1. The molecule has 104 valence electrons. The average Bonchev–Trinajstić information content (AvgIpc) is 2.48. The van der Waals surface area contributed by atoms with Crippen molar-refractivity contribution in [2.45, 2.75) is 0 Å². The van der Waals surface area contributed by atoms with E-state index in [1.807, 2.05) is 6.07 Å². The molecule has 1 fully saturated rings. The minimum atomic E-state index is -0.334. The van der Waals surface area contributed by atoms with E-state index in [9.17, 15) is 8.78 Å². The smallest absolute Gasteiger partial charge is 0.131 e. The monoisotopic (exact) mass is 274 g/mol. The van der Waals surface area contributed by atoms with Crippen LogP contribution >= 0.6 is 0 Å². The molecule has 0 saturated carbocycles. The lowest BCUT2D eigenvalue weighted by molar-refractivity contribution is 0.584. The zero-order valence-corrected chi connectivity index (χ0v) is 11.1. The summed E-state index contributed by atoms with van der Waals surface area (Å²) in [7, 11) is 0. The predicted octanol–water partition coefficient (Wildman–Crippen LogP) is 3.04. The van der Waals surface area contributed by atoms with Crippen molar-refractivity contribution in [1.82, 2.24) is 5.32 Å². The van der Waals surface area contributed by atoms with Crippen LogP contribution in [0.5, 0.6) is 0 Å². The van der Waals surface area contributed by atoms with Gasteiger partial charge in [-0.25, -0.2) is 8.78 Å². The molecular formula is C16H16F2N2. The zero-order chi connectivity index (χ0) is 13.9. The number of anilines is 1. The maximum atomic E-state index is 13.8. The van der Waals surface area contributed by atoms with E-state index in [1.54, 1.807) is 18.2 Å². The van der Waals surface area contributed by atoms with Crippen LogP contribution in [0, 0.1) is 11.6 Å². The summed E-state index contributed by atoms with van der Waals surface area (Å²) < 4.78 is 27.7. The number of nitrogens with zero attached hydrogens (tertiary/aromatic N) is 1. The van der Waals surface area contributed by atoms with Crippen LogP contribution < -0.4 is 10.2 Å². The fraction of sp³-hybridized carbons (Fsp3) is 0.250. The van der Waals surface area contributed by atoms with E-state index in [2.05, 4.69) is 10.2 Å². The third-order valence-corrected chi connectivity index (χ3v) is 3.55. The molecule has 1 aliphatic heterocycles. The highest BCUT2D eigenvalue weighted by Gasteiger charge is 2.14. The molecular weight excluding hydrogens is 258 g/mol. The summed E-state index contributed by atoms with van der Waals surface area (Å²) in [6.07, 6.45) is 0. The number of benzene rings is 2. The van der Waals surface area contributed by atoms with E-state index in [-0.39, 0.29) is 11.6 Å². The molecule has 3 rings (SSSR count). The highest BCUT2D eigenvalue weighted by Crippen LogP contribution is 2.28. The summed E-state index contributed by atoms with van der Waals surface area (Å²) in [6, 6.07) is 11.2. The first-order chi connectivity index (χ1) is 9.74. The number of halogens is 2. The highest BCUT2D eigenvalue weighted by atomic mass is 19.1. The van der Waals surface area contributed by atoms with E-state index in [4.69, 9.17) is 0 Å². The van der Waals surface area contributed by atoms with Gasteiger partial charge in [0.2, 0.25) is 0 Å². The molecule has 2 aromatic carbocycles. The maximum absolute atomic E-state index is 13.8. The van der Waals surface area contributed by atoms with Gasteiger partial charge in [0.1, 0.15) is 11.6 Å². The van der Waals surface area contributed by atoms with Gasteiger partial charge in [-0.3, -0.25) is 0 Å². The van der Waals surface area contributed by atoms with E-state index in [0.717, 1.165) is 31.9 Å². The number of nitrogens with one attached hydrogen (secondary N) is 1. The van der Waals surface area contributed by atoms with Crippen LogP contribution in [-0.4, -0.2) is 26.2 Å². The van der Waals surface area contributed by atoms with E-state index >= 15 is 0 Å². The SMILES string of the molecule is Fc1cc(-c2ccccc2F)cc(N2CCNCC2)c1. The first kappa shape index (κ1) is 13.1. The molecule has 1 saturated heterocycles. The molecule has 1 heterocycles. The van der Waals surface area contributed by atoms with Gasteiger partial charge >= 0.3 is 0 Å². The van der Waals surface area contributed by atoms with Crippen LogP contribution in [0.1, 0.15) is 0 Å². The Hall–Kier alpha value is -1.94. The molecule has 4 heteroatoms. The first-order valence-corrected chi connectivity index (χ1v) is 6.75. The normalized spacial score (nSPS) is 15.4. The Bertz CT molecular complexity index is 607. The van der Waals surface area contributed by atoms with Gasteiger partial charge in [-0.1, -0.05) is 18.2 Å². The Labute approximate surface area is 117 Å². The zero-order valence-electron chi connectivity index (χ0n) is 11.1. The van der Waals surface area contributed by atoms with Crippen molar-refractivity contribution in [2.75, 3.05) is 31.1 Å². The van der Waals surface area contributed by atoms with Crippen LogP contribution in [0.2, 0.25) is 0 Å². The quantitative estimate of drug-likeness (QED) is 0.905. The van der Waals surface area contributed by atoms with Gasteiger partial charge in [-0.05, 0) is 29.8 Å². The van der Waals surface area contributed by atoms with Gasteiger partial charge in [0.05, 0.1) is 0 Å². The molecule has 0 unspecified atom stereocenters. The molecule has 0 bridgehead atoms. The second kappa shape index (κ2) is 5.59. The van der Waals surface area contributed by atoms with Crippen LogP contribution in [0.4, 0.5) is 14.5 Å². The molecule has 2 nitrogen and oxygen atoms in total. The Morgan fingerprint density at radius 3 is 2.45 bits per heavy atom. The first-order valence-electron chi connectivity index (χ1n) is 6.75. The lowest BCUT2D eigenvalue weighted by Crippen LogP contribution is -2.43. The van der Waals surface area contributed by atoms with Gasteiger partial charge < -0.3 is 10.2 Å².